The van der Waals surface area contributed by atoms with Crippen LogP contribution in [-0.2, 0) is 19.2 Å². The molecule has 1 amide bonds. The number of nitrogens with zero attached hydrogens (tertiary/aromatic N) is 1. The molecule has 298 valence electrons. The lowest BCUT2D eigenvalue weighted by Crippen LogP contribution is -2.53. The molecule has 0 spiro atoms. The third-order valence-corrected chi connectivity index (χ3v) is 11.1. The second-order valence-electron chi connectivity index (χ2n) is 17.1. The average Bonchev–Trinajstić information content (AvgIpc) is 4.04. The summed E-state index contributed by atoms with van der Waals surface area (Å²) in [4.78, 5) is 49.4. The number of hydrogen-bond donors (Lipinski definition) is 5. The monoisotopic (exact) mass is 729 g/mol. The van der Waals surface area contributed by atoms with E-state index in [1.807, 2.05) is 13.8 Å². The minimum Gasteiger partial charge on any atom is -0.369 e. The van der Waals surface area contributed by atoms with E-state index in [-0.39, 0.29) is 52.6 Å². The number of piperidine rings is 1. The lowest BCUT2D eigenvalue weighted by atomic mass is 9.69. The normalized spacial score (nSPS) is 23.2. The maximum Gasteiger partial charge on any atom is 0.289 e. The highest BCUT2D eigenvalue weighted by Gasteiger charge is 2.54. The Morgan fingerprint density at radius 2 is 1.62 bits per heavy atom. The predicted octanol–water partition coefficient (Wildman–Crippen LogP) is 6.02. The van der Waals surface area contributed by atoms with Gasteiger partial charge in [-0.1, -0.05) is 101 Å². The van der Waals surface area contributed by atoms with Gasteiger partial charge in [0.1, 0.15) is 12.1 Å². The van der Waals surface area contributed by atoms with E-state index in [1.165, 1.54) is 32.1 Å². The first kappa shape index (κ1) is 45.4. The molecular formula is C42H76N6O4. The van der Waals surface area contributed by atoms with Crippen LogP contribution in [0.5, 0.6) is 0 Å². The Labute approximate surface area is 316 Å². The summed E-state index contributed by atoms with van der Waals surface area (Å²) in [5.74, 6) is 1.42. The van der Waals surface area contributed by atoms with E-state index in [1.54, 1.807) is 7.05 Å². The lowest BCUT2D eigenvalue weighted by molar-refractivity contribution is -0.139. The summed E-state index contributed by atoms with van der Waals surface area (Å²) in [6.45, 7) is 28.4. The first-order valence-corrected chi connectivity index (χ1v) is 20.5. The van der Waals surface area contributed by atoms with E-state index in [0.29, 0.717) is 31.2 Å². The van der Waals surface area contributed by atoms with Crippen molar-refractivity contribution in [2.75, 3.05) is 26.7 Å². The lowest BCUT2D eigenvalue weighted by Gasteiger charge is -2.46. The first-order valence-electron chi connectivity index (χ1n) is 20.5. The maximum absolute atomic E-state index is 12.3. The number of nitrogens with one attached hydrogen (secondary N) is 5. The van der Waals surface area contributed by atoms with Crippen LogP contribution in [0.25, 0.3) is 0 Å². The van der Waals surface area contributed by atoms with E-state index in [2.05, 4.69) is 86.2 Å². The molecule has 0 aromatic carbocycles. The highest BCUT2D eigenvalue weighted by atomic mass is 16.2. The first-order chi connectivity index (χ1) is 24.6. The van der Waals surface area contributed by atoms with Crippen molar-refractivity contribution in [2.24, 2.45) is 22.7 Å². The van der Waals surface area contributed by atoms with Crippen LogP contribution in [0.3, 0.4) is 0 Å². The van der Waals surface area contributed by atoms with Crippen molar-refractivity contribution in [1.29, 1.82) is 0 Å². The zero-order valence-corrected chi connectivity index (χ0v) is 34.4. The number of hydrogen-bond acceptors (Lipinski definition) is 9. The van der Waals surface area contributed by atoms with Gasteiger partial charge in [0.25, 0.3) is 5.91 Å². The van der Waals surface area contributed by atoms with Gasteiger partial charge in [-0.05, 0) is 81.2 Å². The fraction of sp³-hybridized carbons (Fsp3) is 0.810. The molecule has 3 aliphatic carbocycles. The summed E-state index contributed by atoms with van der Waals surface area (Å²) in [6, 6.07) is 0.0432. The summed E-state index contributed by atoms with van der Waals surface area (Å²) in [5, 5.41) is 16.1. The van der Waals surface area contributed by atoms with Crippen LogP contribution in [0.1, 0.15) is 139 Å². The smallest absolute Gasteiger partial charge is 0.289 e. The topological polar surface area (TPSA) is 132 Å². The molecule has 4 unspecified atom stereocenters. The van der Waals surface area contributed by atoms with Crippen LogP contribution in [0.2, 0.25) is 0 Å². The van der Waals surface area contributed by atoms with E-state index in [4.69, 9.17) is 0 Å². The number of amides is 1. The molecule has 10 heteroatoms. The van der Waals surface area contributed by atoms with Crippen LogP contribution >= 0.6 is 0 Å². The van der Waals surface area contributed by atoms with E-state index < -0.39 is 5.91 Å². The van der Waals surface area contributed by atoms with Crippen LogP contribution < -0.4 is 26.6 Å². The number of carbonyl (C=O) groups excluding carboxylic acids is 4. The van der Waals surface area contributed by atoms with Gasteiger partial charge in [-0.2, -0.15) is 0 Å². The van der Waals surface area contributed by atoms with Gasteiger partial charge in [-0.15, -0.1) is 0 Å². The summed E-state index contributed by atoms with van der Waals surface area (Å²) < 4.78 is 0. The Bertz CT molecular complexity index is 1170. The van der Waals surface area contributed by atoms with Crippen molar-refractivity contribution in [3.8, 4) is 0 Å². The zero-order chi connectivity index (χ0) is 39.1. The highest BCUT2D eigenvalue weighted by molar-refractivity contribution is 6.38. The number of likely N-dealkylation sites (tertiary alicyclic amines) is 1. The summed E-state index contributed by atoms with van der Waals surface area (Å²) in [5.41, 5.74) is 1.08. The van der Waals surface area contributed by atoms with Gasteiger partial charge >= 0.3 is 0 Å². The summed E-state index contributed by atoms with van der Waals surface area (Å²) in [6.07, 6.45) is 14.5. The third kappa shape index (κ3) is 14.3. The molecule has 0 radical (unpaired) electrons. The SMILES string of the molecule is C=C(NC(CCC(=O)CNCC)C(C)(C)C)NC(C(=C)N1C[C@@H]2C[C@@H]2C1C=O)C1(C)CCCCC1.CCC.CCCC(NC)C(=O)C(=O)NC1CC1. The van der Waals surface area contributed by atoms with Crippen molar-refractivity contribution in [3.05, 3.63) is 24.7 Å². The molecule has 0 aromatic rings. The Kier molecular flexibility index (Phi) is 19.1. The highest BCUT2D eigenvalue weighted by Crippen LogP contribution is 2.51. The molecule has 52 heavy (non-hydrogen) atoms. The van der Waals surface area contributed by atoms with Crippen LogP contribution in [0.4, 0.5) is 0 Å². The second kappa shape index (κ2) is 21.9. The van der Waals surface area contributed by atoms with Crippen LogP contribution in [0.15, 0.2) is 24.7 Å². The predicted molar refractivity (Wildman–Crippen MR) is 214 cm³/mol. The van der Waals surface area contributed by atoms with Gasteiger partial charge in [0.15, 0.2) is 0 Å². The molecular weight excluding hydrogens is 653 g/mol. The molecule has 10 nitrogen and oxygen atoms in total. The minimum atomic E-state index is -0.430. The number of Topliss-reactive ketones (excluding diaryl/α,β-unsaturated/α-hetero) is 2. The second-order valence-corrected chi connectivity index (χ2v) is 17.1. The number of fused-ring (bicyclic) bond motifs is 1. The van der Waals surface area contributed by atoms with Gasteiger partial charge in [0, 0.05) is 30.7 Å². The fourth-order valence-electron chi connectivity index (χ4n) is 7.61. The van der Waals surface area contributed by atoms with Gasteiger partial charge < -0.3 is 36.3 Å². The van der Waals surface area contributed by atoms with Crippen molar-refractivity contribution in [3.63, 3.8) is 0 Å². The number of aldehydes is 1. The Hall–Kier alpha value is -2.72. The Balaban J connectivity index is 0.000000457. The molecule has 4 rings (SSSR count). The molecule has 3 saturated carbocycles. The van der Waals surface area contributed by atoms with Crippen LogP contribution in [-0.4, -0.2) is 85.6 Å². The maximum atomic E-state index is 12.3. The van der Waals surface area contributed by atoms with Gasteiger partial charge in [-0.25, -0.2) is 0 Å². The minimum absolute atomic E-state index is 0.0246. The van der Waals surface area contributed by atoms with Crippen LogP contribution in [0, 0.1) is 22.7 Å². The standard InChI is InChI=1S/C29H50N4O2.C10H18N2O2.C3H8/c1-8-30-17-23(35)12-13-26(28(4,5)6)31-21(3)32-27(29(7)14-10-9-11-15-29)20(2)33-18-22-16-24(22)25(33)19-34;1-3-4-8(11-2)9(13)10(14)12-7-5-6-7;1-3-2/h19,22,24-27,30-32H,2-3,8-18H2,1,4-7H3;7-8,11H,3-6H2,1-2H3,(H,12,14);3H2,1-2H3/t22-,24-,25?,26?,27?;;/m0../s1. The molecule has 5 N–H and O–H groups in total. The summed E-state index contributed by atoms with van der Waals surface area (Å²) in [7, 11) is 1.71. The van der Waals surface area contributed by atoms with E-state index in [0.717, 1.165) is 69.4 Å². The quantitative estimate of drug-likeness (QED) is 0.0755. The average molecular weight is 729 g/mol. The Morgan fingerprint density at radius 1 is 0.981 bits per heavy atom. The van der Waals surface area contributed by atoms with Gasteiger partial charge in [0.05, 0.1) is 30.5 Å². The number of carbonyl (C=O) groups is 4. The number of rotatable bonds is 20. The van der Waals surface area contributed by atoms with Gasteiger partial charge in [0.2, 0.25) is 5.78 Å². The van der Waals surface area contributed by atoms with Crippen molar-refractivity contribution in [1.82, 2.24) is 31.5 Å². The molecule has 4 fully saturated rings. The van der Waals surface area contributed by atoms with Crippen molar-refractivity contribution in [2.45, 2.75) is 169 Å². The zero-order valence-electron chi connectivity index (χ0n) is 34.4. The molecule has 4 aliphatic rings. The molecule has 1 heterocycles. The van der Waals surface area contributed by atoms with E-state index in [9.17, 15) is 19.2 Å². The number of likely N-dealkylation sites (N-methyl/N-ethyl adjacent to an activating group) is 2. The number of ketones is 2. The summed E-state index contributed by atoms with van der Waals surface area (Å²) >= 11 is 0. The largest absolute Gasteiger partial charge is 0.369 e. The molecule has 1 saturated heterocycles. The van der Waals surface area contributed by atoms with Crippen molar-refractivity contribution >= 4 is 23.8 Å². The van der Waals surface area contributed by atoms with Gasteiger partial charge in [-0.3, -0.25) is 14.4 Å². The van der Waals surface area contributed by atoms with Crippen molar-refractivity contribution < 1.29 is 19.2 Å². The molecule has 0 aromatic heterocycles. The Morgan fingerprint density at radius 3 is 2.13 bits per heavy atom. The fourth-order valence-corrected chi connectivity index (χ4v) is 7.61. The molecule has 0 bridgehead atoms. The van der Waals surface area contributed by atoms with E-state index >= 15 is 0 Å². The third-order valence-electron chi connectivity index (χ3n) is 11.1. The molecule has 1 aliphatic heterocycles. The molecule has 6 atom stereocenters.